The van der Waals surface area contributed by atoms with E-state index < -0.39 is 10.0 Å². The van der Waals surface area contributed by atoms with Crippen LogP contribution in [0.5, 0.6) is 5.75 Å². The number of anilines is 1. The van der Waals surface area contributed by atoms with Crippen LogP contribution in [-0.4, -0.2) is 25.2 Å². The van der Waals surface area contributed by atoms with Crippen molar-refractivity contribution >= 4 is 27.3 Å². The molecule has 0 amide bonds. The second-order valence-electron chi connectivity index (χ2n) is 2.66. The summed E-state index contributed by atoms with van der Waals surface area (Å²) in [7, 11) is -3.39. The molecule has 0 saturated heterocycles. The van der Waals surface area contributed by atoms with Crippen LogP contribution in [0.3, 0.4) is 0 Å². The van der Waals surface area contributed by atoms with Crippen molar-refractivity contribution in [3.63, 3.8) is 0 Å². The highest BCUT2D eigenvalue weighted by Gasteiger charge is 2.08. The summed E-state index contributed by atoms with van der Waals surface area (Å²) in [5, 5.41) is 9.08. The largest absolute Gasteiger partial charge is 0.508 e. The van der Waals surface area contributed by atoms with Crippen molar-refractivity contribution in [3.05, 3.63) is 24.3 Å². The molecule has 0 saturated carbocycles. The third-order valence-electron chi connectivity index (χ3n) is 1.47. The maximum Gasteiger partial charge on any atom is 0.233 e. The summed E-state index contributed by atoms with van der Waals surface area (Å²) in [6.45, 7) is 0. The first-order chi connectivity index (χ1) is 6.53. The van der Waals surface area contributed by atoms with Crippen molar-refractivity contribution in [2.75, 3.05) is 16.4 Å². The fourth-order valence-electron chi connectivity index (χ4n) is 0.902. The molecule has 1 aromatic rings. The minimum Gasteiger partial charge on any atom is -0.508 e. The van der Waals surface area contributed by atoms with E-state index in [1.807, 2.05) is 0 Å². The normalized spacial score (nSPS) is 11.2. The molecule has 0 atom stereocenters. The first-order valence-corrected chi connectivity index (χ1v) is 6.08. The van der Waals surface area contributed by atoms with E-state index in [2.05, 4.69) is 4.72 Å². The van der Waals surface area contributed by atoms with Crippen molar-refractivity contribution in [1.29, 1.82) is 0 Å². The maximum absolute atomic E-state index is 11.2. The van der Waals surface area contributed by atoms with Crippen molar-refractivity contribution in [1.82, 2.24) is 0 Å². The van der Waals surface area contributed by atoms with E-state index in [0.29, 0.717) is 5.69 Å². The number of phenols is 1. The third kappa shape index (κ3) is 3.43. The number of rotatable bonds is 4. The van der Waals surface area contributed by atoms with E-state index in [1.54, 1.807) is 12.1 Å². The zero-order valence-corrected chi connectivity index (χ0v) is 8.85. The molecule has 0 spiro atoms. The van der Waals surface area contributed by atoms with Crippen molar-refractivity contribution in [2.45, 2.75) is 0 Å². The van der Waals surface area contributed by atoms with E-state index in [1.165, 1.54) is 12.1 Å². The summed E-state index contributed by atoms with van der Waals surface area (Å²) in [6, 6.07) is 5.88. The Hall–Kier alpha value is -0.940. The summed E-state index contributed by atoms with van der Waals surface area (Å²) in [4.78, 5) is 0. The van der Waals surface area contributed by atoms with E-state index in [0.717, 1.165) is 0 Å². The molecular formula is C8H10ClNO3S. The Balaban J connectivity index is 2.79. The molecule has 0 unspecified atom stereocenters. The lowest BCUT2D eigenvalue weighted by atomic mass is 10.3. The fraction of sp³-hybridized carbons (Fsp3) is 0.250. The zero-order chi connectivity index (χ0) is 10.6. The van der Waals surface area contributed by atoms with Gasteiger partial charge >= 0.3 is 0 Å². The second-order valence-corrected chi connectivity index (χ2v) is 4.88. The molecule has 78 valence electrons. The average molecular weight is 236 g/mol. The Morgan fingerprint density at radius 2 is 2.14 bits per heavy atom. The third-order valence-corrected chi connectivity index (χ3v) is 3.17. The van der Waals surface area contributed by atoms with Gasteiger partial charge in [-0.25, -0.2) is 8.42 Å². The van der Waals surface area contributed by atoms with Gasteiger partial charge in [0.05, 0.1) is 11.4 Å². The van der Waals surface area contributed by atoms with Crippen LogP contribution in [0.2, 0.25) is 0 Å². The fourth-order valence-corrected chi connectivity index (χ4v) is 2.30. The van der Waals surface area contributed by atoms with Crippen LogP contribution in [-0.2, 0) is 10.0 Å². The minimum absolute atomic E-state index is 0.0103. The van der Waals surface area contributed by atoms with Gasteiger partial charge in [0.1, 0.15) is 5.75 Å². The Morgan fingerprint density at radius 3 is 2.71 bits per heavy atom. The number of hydrogen-bond acceptors (Lipinski definition) is 3. The molecule has 6 heteroatoms. The molecule has 4 nitrogen and oxygen atoms in total. The summed E-state index contributed by atoms with van der Waals surface area (Å²) in [5.74, 6) is -0.102. The van der Waals surface area contributed by atoms with E-state index >= 15 is 0 Å². The number of aromatic hydroxyl groups is 1. The monoisotopic (exact) mass is 235 g/mol. The molecule has 0 bridgehead atoms. The number of nitrogens with one attached hydrogen (secondary N) is 1. The molecule has 14 heavy (non-hydrogen) atoms. The lowest BCUT2D eigenvalue weighted by Crippen LogP contribution is -2.17. The molecule has 1 aromatic carbocycles. The molecule has 0 aliphatic carbocycles. The van der Waals surface area contributed by atoms with Gasteiger partial charge < -0.3 is 5.11 Å². The Labute approximate surface area is 87.6 Å². The van der Waals surface area contributed by atoms with Gasteiger partial charge in [-0.1, -0.05) is 6.07 Å². The highest BCUT2D eigenvalue weighted by atomic mass is 35.5. The molecule has 0 heterocycles. The molecule has 0 aliphatic heterocycles. The van der Waals surface area contributed by atoms with Crippen LogP contribution >= 0.6 is 11.6 Å². The summed E-state index contributed by atoms with van der Waals surface area (Å²) >= 11 is 5.31. The predicted octanol–water partition coefficient (Wildman–Crippen LogP) is 1.37. The zero-order valence-electron chi connectivity index (χ0n) is 7.27. The van der Waals surface area contributed by atoms with Crippen LogP contribution in [0.4, 0.5) is 5.69 Å². The number of alkyl halides is 1. The van der Waals surface area contributed by atoms with E-state index in [4.69, 9.17) is 16.7 Å². The number of benzene rings is 1. The standard InChI is InChI=1S/C8H10ClNO3S/c9-4-5-14(12,13)10-7-2-1-3-8(11)6-7/h1-3,6,10-11H,4-5H2. The molecule has 1 rings (SSSR count). The van der Waals surface area contributed by atoms with Crippen LogP contribution in [0, 0.1) is 0 Å². The van der Waals surface area contributed by atoms with Gasteiger partial charge in [-0.15, -0.1) is 11.6 Å². The van der Waals surface area contributed by atoms with Crippen LogP contribution in [0.15, 0.2) is 24.3 Å². The molecule has 0 aromatic heterocycles. The SMILES string of the molecule is O=S(=O)(CCCl)Nc1cccc(O)c1. The molecule has 0 aliphatic rings. The van der Waals surface area contributed by atoms with Crippen molar-refractivity contribution in [3.8, 4) is 5.75 Å². The number of halogens is 1. The quantitative estimate of drug-likeness (QED) is 0.775. The lowest BCUT2D eigenvalue weighted by molar-refractivity contribution is 0.475. The Kier molecular flexibility index (Phi) is 3.60. The summed E-state index contributed by atoms with van der Waals surface area (Å²) < 4.78 is 24.8. The Bertz CT molecular complexity index is 405. The predicted molar refractivity (Wildman–Crippen MR) is 56.2 cm³/mol. The van der Waals surface area contributed by atoms with Gasteiger partial charge in [-0.2, -0.15) is 0 Å². The molecule has 0 radical (unpaired) electrons. The highest BCUT2D eigenvalue weighted by Crippen LogP contribution is 2.16. The van der Waals surface area contributed by atoms with E-state index in [9.17, 15) is 8.42 Å². The van der Waals surface area contributed by atoms with Crippen molar-refractivity contribution < 1.29 is 13.5 Å². The molecular weight excluding hydrogens is 226 g/mol. The molecule has 2 N–H and O–H groups in total. The smallest absolute Gasteiger partial charge is 0.233 e. The number of sulfonamides is 1. The Morgan fingerprint density at radius 1 is 1.43 bits per heavy atom. The first-order valence-electron chi connectivity index (χ1n) is 3.89. The lowest BCUT2D eigenvalue weighted by Gasteiger charge is -2.06. The van der Waals surface area contributed by atoms with Crippen LogP contribution in [0.1, 0.15) is 0 Å². The van der Waals surface area contributed by atoms with Gasteiger partial charge in [-0.3, -0.25) is 4.72 Å². The minimum atomic E-state index is -3.39. The van der Waals surface area contributed by atoms with Crippen LogP contribution < -0.4 is 4.72 Å². The average Bonchev–Trinajstić information content (AvgIpc) is 2.02. The van der Waals surface area contributed by atoms with Gasteiger partial charge in [0, 0.05) is 11.9 Å². The molecule has 0 fully saturated rings. The van der Waals surface area contributed by atoms with E-state index in [-0.39, 0.29) is 17.4 Å². The maximum atomic E-state index is 11.2. The topological polar surface area (TPSA) is 66.4 Å². The highest BCUT2D eigenvalue weighted by molar-refractivity contribution is 7.92. The van der Waals surface area contributed by atoms with Gasteiger partial charge in [0.25, 0.3) is 0 Å². The van der Waals surface area contributed by atoms with Gasteiger partial charge in [-0.05, 0) is 12.1 Å². The summed E-state index contributed by atoms with van der Waals surface area (Å²) in [6.07, 6.45) is 0. The van der Waals surface area contributed by atoms with Gasteiger partial charge in [0.2, 0.25) is 10.0 Å². The number of hydrogen-bond donors (Lipinski definition) is 2. The van der Waals surface area contributed by atoms with Gasteiger partial charge in [0.15, 0.2) is 0 Å². The van der Waals surface area contributed by atoms with Crippen LogP contribution in [0.25, 0.3) is 0 Å². The van der Waals surface area contributed by atoms with Crippen molar-refractivity contribution in [2.24, 2.45) is 0 Å². The number of phenolic OH excluding ortho intramolecular Hbond substituents is 1. The first kappa shape index (κ1) is 11.1. The second kappa shape index (κ2) is 4.52. The summed E-state index contributed by atoms with van der Waals surface area (Å²) in [5.41, 5.74) is 0.329.